The van der Waals surface area contributed by atoms with Gasteiger partial charge in [0.2, 0.25) is 11.7 Å². The molecule has 128 valence electrons. The Bertz CT molecular complexity index is 903. The van der Waals surface area contributed by atoms with E-state index in [1.165, 1.54) is 0 Å². The van der Waals surface area contributed by atoms with Gasteiger partial charge in [-0.1, -0.05) is 22.8 Å². The lowest BCUT2D eigenvalue weighted by Crippen LogP contribution is -2.26. The van der Waals surface area contributed by atoms with Gasteiger partial charge in [0.05, 0.1) is 6.54 Å². The lowest BCUT2D eigenvalue weighted by atomic mass is 10.1. The van der Waals surface area contributed by atoms with Crippen molar-refractivity contribution in [2.75, 3.05) is 7.05 Å². The molecule has 0 fully saturated rings. The Kier molecular flexibility index (Phi) is 4.86. The number of aryl methyl sites for hydroxylation is 2. The molecule has 25 heavy (non-hydrogen) atoms. The first-order chi connectivity index (χ1) is 11.9. The third kappa shape index (κ3) is 3.88. The van der Waals surface area contributed by atoms with Crippen molar-refractivity contribution < 1.29 is 9.32 Å². The van der Waals surface area contributed by atoms with Gasteiger partial charge in [-0.3, -0.25) is 4.79 Å². The molecule has 0 radical (unpaired) electrons. The van der Waals surface area contributed by atoms with Crippen LogP contribution in [0.25, 0.3) is 11.4 Å². The van der Waals surface area contributed by atoms with E-state index in [1.54, 1.807) is 24.1 Å². The number of rotatable bonds is 4. The van der Waals surface area contributed by atoms with Gasteiger partial charge in [0.25, 0.3) is 5.91 Å². The second-order valence-electron chi connectivity index (χ2n) is 5.98. The van der Waals surface area contributed by atoms with Gasteiger partial charge >= 0.3 is 0 Å². The number of hydrogen-bond donors (Lipinski definition) is 0. The number of halogens is 1. The number of hydrogen-bond acceptors (Lipinski definition) is 4. The van der Waals surface area contributed by atoms with Gasteiger partial charge in [0, 0.05) is 23.2 Å². The van der Waals surface area contributed by atoms with Gasteiger partial charge < -0.3 is 9.42 Å². The largest absolute Gasteiger partial charge is 0.337 e. The quantitative estimate of drug-likeness (QED) is 0.700. The van der Waals surface area contributed by atoms with Crippen molar-refractivity contribution in [2.24, 2.45) is 0 Å². The third-order valence-electron chi connectivity index (χ3n) is 4.04. The van der Waals surface area contributed by atoms with Crippen LogP contribution in [0.1, 0.15) is 27.4 Å². The predicted molar refractivity (Wildman–Crippen MR) is 96.5 cm³/mol. The molecular weight excluding hydrogens is 338 g/mol. The number of carbonyl (C=O) groups excluding carboxylic acids is 1. The SMILES string of the molecule is Cc1ccc(C(=O)N(C)Cc2nc(-c3ccc(Cl)cc3)no2)cc1C. The molecule has 0 spiro atoms. The van der Waals surface area contributed by atoms with Crippen molar-refractivity contribution in [3.05, 3.63) is 70.1 Å². The van der Waals surface area contributed by atoms with Gasteiger partial charge in [-0.2, -0.15) is 4.98 Å². The summed E-state index contributed by atoms with van der Waals surface area (Å²) in [5.41, 5.74) is 3.69. The Morgan fingerprint density at radius 1 is 1.12 bits per heavy atom. The van der Waals surface area contributed by atoms with Crippen molar-refractivity contribution in [3.8, 4) is 11.4 Å². The average Bonchev–Trinajstić information content (AvgIpc) is 3.05. The molecule has 3 aromatic rings. The highest BCUT2D eigenvalue weighted by Gasteiger charge is 2.16. The molecule has 0 bridgehead atoms. The van der Waals surface area contributed by atoms with Crippen molar-refractivity contribution in [2.45, 2.75) is 20.4 Å². The van der Waals surface area contributed by atoms with Crippen LogP contribution in [0.3, 0.4) is 0 Å². The molecule has 0 aliphatic carbocycles. The molecule has 0 saturated carbocycles. The molecule has 1 heterocycles. The van der Waals surface area contributed by atoms with Crippen LogP contribution in [0.15, 0.2) is 47.0 Å². The zero-order valence-electron chi connectivity index (χ0n) is 14.3. The normalized spacial score (nSPS) is 10.7. The van der Waals surface area contributed by atoms with Crippen LogP contribution in [0.5, 0.6) is 0 Å². The van der Waals surface area contributed by atoms with Gasteiger partial charge in [-0.25, -0.2) is 0 Å². The van der Waals surface area contributed by atoms with Gasteiger partial charge in [-0.15, -0.1) is 0 Å². The van der Waals surface area contributed by atoms with E-state index in [9.17, 15) is 4.79 Å². The summed E-state index contributed by atoms with van der Waals surface area (Å²) < 4.78 is 5.26. The van der Waals surface area contributed by atoms with Gasteiger partial charge in [0.1, 0.15) is 0 Å². The Labute approximate surface area is 151 Å². The Morgan fingerprint density at radius 3 is 2.52 bits per heavy atom. The summed E-state index contributed by atoms with van der Waals surface area (Å²) in [6, 6.07) is 12.8. The molecule has 0 aliphatic heterocycles. The number of benzene rings is 2. The molecule has 0 N–H and O–H groups in total. The third-order valence-corrected chi connectivity index (χ3v) is 4.30. The molecular formula is C19H18ClN3O2. The zero-order chi connectivity index (χ0) is 18.0. The van der Waals surface area contributed by atoms with Gasteiger partial charge in [-0.05, 0) is 61.4 Å². The highest BCUT2D eigenvalue weighted by molar-refractivity contribution is 6.30. The first kappa shape index (κ1) is 17.2. The maximum atomic E-state index is 12.5. The van der Waals surface area contributed by atoms with E-state index < -0.39 is 0 Å². The molecule has 6 heteroatoms. The zero-order valence-corrected chi connectivity index (χ0v) is 15.0. The number of aromatic nitrogens is 2. The molecule has 0 unspecified atom stereocenters. The van der Waals surface area contributed by atoms with Crippen LogP contribution in [-0.4, -0.2) is 28.0 Å². The highest BCUT2D eigenvalue weighted by atomic mass is 35.5. The molecule has 1 aromatic heterocycles. The summed E-state index contributed by atoms with van der Waals surface area (Å²) >= 11 is 5.88. The van der Waals surface area contributed by atoms with Crippen molar-refractivity contribution >= 4 is 17.5 Å². The summed E-state index contributed by atoms with van der Waals surface area (Å²) in [4.78, 5) is 18.5. The van der Waals surface area contributed by atoms with Crippen molar-refractivity contribution in [1.82, 2.24) is 15.0 Å². The lowest BCUT2D eigenvalue weighted by molar-refractivity contribution is 0.0769. The molecule has 1 amide bonds. The minimum atomic E-state index is -0.0886. The second-order valence-corrected chi connectivity index (χ2v) is 6.42. The minimum absolute atomic E-state index is 0.0886. The highest BCUT2D eigenvalue weighted by Crippen LogP contribution is 2.19. The van der Waals surface area contributed by atoms with E-state index in [-0.39, 0.29) is 12.5 Å². The second kappa shape index (κ2) is 7.07. The number of carbonyl (C=O) groups is 1. The number of amides is 1. The Hall–Kier alpha value is -2.66. The van der Waals surface area contributed by atoms with Crippen LogP contribution in [0.4, 0.5) is 0 Å². The lowest BCUT2D eigenvalue weighted by Gasteiger charge is -2.15. The van der Waals surface area contributed by atoms with Crippen LogP contribution in [-0.2, 0) is 6.54 Å². The molecule has 3 rings (SSSR count). The molecule has 0 atom stereocenters. The fourth-order valence-corrected chi connectivity index (χ4v) is 2.53. The molecule has 5 nitrogen and oxygen atoms in total. The molecule has 0 aliphatic rings. The topological polar surface area (TPSA) is 59.2 Å². The minimum Gasteiger partial charge on any atom is -0.337 e. The van der Waals surface area contributed by atoms with Crippen LogP contribution in [0.2, 0.25) is 5.02 Å². The fourth-order valence-electron chi connectivity index (χ4n) is 2.40. The average molecular weight is 356 g/mol. The van der Waals surface area contributed by atoms with E-state index in [0.29, 0.717) is 22.3 Å². The van der Waals surface area contributed by atoms with Crippen LogP contribution < -0.4 is 0 Å². The number of nitrogens with zero attached hydrogens (tertiary/aromatic N) is 3. The van der Waals surface area contributed by atoms with Gasteiger partial charge in [0.15, 0.2) is 0 Å². The van der Waals surface area contributed by atoms with E-state index in [2.05, 4.69) is 10.1 Å². The summed E-state index contributed by atoms with van der Waals surface area (Å²) in [5, 5.41) is 4.60. The first-order valence-corrected chi connectivity index (χ1v) is 8.23. The van der Waals surface area contributed by atoms with E-state index >= 15 is 0 Å². The Balaban J connectivity index is 1.72. The first-order valence-electron chi connectivity index (χ1n) is 7.85. The van der Waals surface area contributed by atoms with E-state index in [4.69, 9.17) is 16.1 Å². The standard InChI is InChI=1S/C19H18ClN3O2/c1-12-4-5-15(10-13(12)2)19(24)23(3)11-17-21-18(22-25-17)14-6-8-16(20)9-7-14/h4-10H,11H2,1-3H3. The predicted octanol–water partition coefficient (Wildman–Crippen LogP) is 4.28. The fraction of sp³-hybridized carbons (Fsp3) is 0.211. The van der Waals surface area contributed by atoms with Crippen LogP contribution in [0, 0.1) is 13.8 Å². The maximum Gasteiger partial charge on any atom is 0.254 e. The summed E-state index contributed by atoms with van der Waals surface area (Å²) in [6.45, 7) is 4.25. The summed E-state index contributed by atoms with van der Waals surface area (Å²) in [7, 11) is 1.71. The molecule has 0 saturated heterocycles. The van der Waals surface area contributed by atoms with E-state index in [1.807, 2.05) is 44.2 Å². The van der Waals surface area contributed by atoms with Crippen molar-refractivity contribution in [3.63, 3.8) is 0 Å². The summed E-state index contributed by atoms with van der Waals surface area (Å²) in [6.07, 6.45) is 0. The monoisotopic (exact) mass is 355 g/mol. The molecule has 2 aromatic carbocycles. The van der Waals surface area contributed by atoms with Crippen molar-refractivity contribution in [1.29, 1.82) is 0 Å². The van der Waals surface area contributed by atoms with E-state index in [0.717, 1.165) is 16.7 Å². The Morgan fingerprint density at radius 2 is 1.84 bits per heavy atom. The summed E-state index contributed by atoms with van der Waals surface area (Å²) in [5.74, 6) is 0.762. The maximum absolute atomic E-state index is 12.5. The van der Waals surface area contributed by atoms with Crippen LogP contribution >= 0.6 is 11.6 Å². The smallest absolute Gasteiger partial charge is 0.254 e.